The Bertz CT molecular complexity index is 9270. The van der Waals surface area contributed by atoms with Crippen molar-refractivity contribution in [2.45, 2.75) is 0 Å². The minimum atomic E-state index is 1.12. The third-order valence-electron chi connectivity index (χ3n) is 29.2. The summed E-state index contributed by atoms with van der Waals surface area (Å²) in [5.74, 6) is 0. The van der Waals surface area contributed by atoms with E-state index in [9.17, 15) is 0 Å². The van der Waals surface area contributed by atoms with Crippen molar-refractivity contribution < 1.29 is 0 Å². The maximum atomic E-state index is 4.39. The number of aromatic nitrogens is 2. The molecule has 5 nitrogen and oxygen atoms in total. The van der Waals surface area contributed by atoms with Crippen LogP contribution in [0.1, 0.15) is 0 Å². The summed E-state index contributed by atoms with van der Waals surface area (Å²) >= 11 is 0. The molecule has 28 rings (SSSR count). The van der Waals surface area contributed by atoms with Gasteiger partial charge in [0.05, 0.1) is 33.4 Å². The minimum absolute atomic E-state index is 1.12. The minimum Gasteiger partial charge on any atom is -0.344 e. The molecule has 0 spiro atoms. The van der Waals surface area contributed by atoms with Gasteiger partial charge in [0, 0.05) is 66.4 Å². The van der Waals surface area contributed by atoms with E-state index in [-0.39, 0.29) is 0 Å². The van der Waals surface area contributed by atoms with Gasteiger partial charge in [0.1, 0.15) is 0 Å². The Morgan fingerprint density at radius 1 is 0.161 bits per heavy atom. The molecule has 7 heteroatoms. The van der Waals surface area contributed by atoms with Gasteiger partial charge in [0.15, 0.2) is 0 Å². The SMILES string of the molecule is [B]N=P.c1ccc(-c2c3ccccc3c(-c3ccc(-n4c5ccccc5c5cc(-c6ccc7c(c6)c6ccccc6n7-c6ccccc6)ccc54)cc3)c3ccccc23)cc1.c1ccc(-c2c3ccccc3c(-c3ccccc3)c3c(-c4ccccc4)c4ccccc4c(-c4ccccc4)c23)cc1.c1ccc(N(c2ccc(-c3ccc(N(c4ccccc4)c4cccc5ccccc45)cc3)cc2)c2cccc3ccccc23)cc1. The molecule has 0 saturated carbocycles. The Morgan fingerprint density at radius 2 is 0.376 bits per heavy atom. The predicted molar refractivity (Wildman–Crippen MR) is 640 cm³/mol. The molecule has 0 saturated heterocycles. The fourth-order valence-electron chi connectivity index (χ4n) is 22.7. The molecule has 149 heavy (non-hydrogen) atoms. The summed E-state index contributed by atoms with van der Waals surface area (Å²) in [5.41, 5.74) is 33.8. The van der Waals surface area contributed by atoms with Gasteiger partial charge in [-0.25, -0.2) is 0 Å². The molecule has 0 bridgehead atoms. The van der Waals surface area contributed by atoms with E-state index >= 15 is 0 Å². The monoisotopic (exact) mass is 1910 g/mol. The van der Waals surface area contributed by atoms with Crippen LogP contribution < -0.4 is 9.80 Å². The molecule has 698 valence electrons. The van der Waals surface area contributed by atoms with E-state index in [1.807, 2.05) is 0 Å². The van der Waals surface area contributed by atoms with Gasteiger partial charge in [-0.15, -0.1) is 0 Å². The lowest BCUT2D eigenvalue weighted by Gasteiger charge is -2.27. The normalized spacial score (nSPS) is 11.3. The summed E-state index contributed by atoms with van der Waals surface area (Å²) in [4.78, 5) is 4.69. The maximum absolute atomic E-state index is 4.39. The summed E-state index contributed by atoms with van der Waals surface area (Å²) in [7, 11) is 6.97. The second-order valence-corrected chi connectivity index (χ2v) is 37.9. The molecule has 0 aliphatic heterocycles. The van der Waals surface area contributed by atoms with Crippen molar-refractivity contribution in [2.24, 2.45) is 4.66 Å². The van der Waals surface area contributed by atoms with Gasteiger partial charge < -0.3 is 23.6 Å². The Labute approximate surface area is 870 Å². The van der Waals surface area contributed by atoms with Crippen LogP contribution in [-0.4, -0.2) is 17.1 Å². The van der Waals surface area contributed by atoms with Crippen molar-refractivity contribution in [2.75, 3.05) is 9.80 Å². The second kappa shape index (κ2) is 40.6. The van der Waals surface area contributed by atoms with E-state index in [0.717, 1.165) is 39.8 Å². The van der Waals surface area contributed by atoms with Crippen LogP contribution >= 0.6 is 9.03 Å². The highest BCUT2D eigenvalue weighted by molar-refractivity contribution is 7.05. The van der Waals surface area contributed by atoms with E-state index in [1.165, 1.54) is 214 Å². The second-order valence-electron chi connectivity index (χ2n) is 37.6. The standard InChI is InChI=1S/C56H36N2.C44H32N2.C42H28.BHNP/c1-3-15-37(16-4-1)55-45-21-7-9-23-47(45)56(48-24-10-8-22-46(48)55)38-27-31-42(32-28-38)58-52-26-14-12-20-44(52)50-36-40(30-34-54(50)58)39-29-33-53-49(35-39)43-19-11-13-25-51(43)57(53)41-17-5-2-6-18-41;1-3-17-37(18-4-1)45(43-23-11-15-35-13-7-9-21-41(35)43)39-29-25-33(26-30-39)34-27-31-40(32-28-34)46(38-19-5-2-6-20-38)44-24-12-16-36-14-8-10-22-42(36)44;1-5-17-29(18-6-1)37-33-25-13-14-26-34(33)39(31-21-9-3-10-22-31)42-40(32-23-11-4-12-24-32)36-28-16-15-27-35(36)38(41(37)42)30-19-7-2-8-20-30;1-2-3/h1-36H;1-32H;1-28H;3H. The third-order valence-corrected chi connectivity index (χ3v) is 29.2. The maximum Gasteiger partial charge on any atom is 0.265 e. The highest BCUT2D eigenvalue weighted by atomic mass is 31.0. The molecule has 0 atom stereocenters. The largest absolute Gasteiger partial charge is 0.344 e. The smallest absolute Gasteiger partial charge is 0.265 e. The van der Waals surface area contributed by atoms with Gasteiger partial charge in [-0.05, 0) is 284 Å². The quantitative estimate of drug-likeness (QED) is 0.0548. The zero-order valence-electron chi connectivity index (χ0n) is 81.7. The fourth-order valence-corrected chi connectivity index (χ4v) is 22.7. The molecule has 2 heterocycles. The number of para-hydroxylation sites is 5. The lowest BCUT2D eigenvalue weighted by molar-refractivity contribution is 1.18. The van der Waals surface area contributed by atoms with Crippen molar-refractivity contribution in [3.05, 3.63) is 582 Å². The molecular weight excluding hydrogens is 1820 g/mol. The van der Waals surface area contributed by atoms with Crippen molar-refractivity contribution in [3.8, 4) is 100 Å². The third kappa shape index (κ3) is 17.1. The molecule has 28 aromatic rings. The Balaban J connectivity index is 0.000000116. The Morgan fingerprint density at radius 3 is 0.698 bits per heavy atom. The van der Waals surface area contributed by atoms with Crippen LogP contribution in [0, 0.1) is 0 Å². The van der Waals surface area contributed by atoms with Crippen LogP contribution in [0.15, 0.2) is 587 Å². The lowest BCUT2D eigenvalue weighted by Crippen LogP contribution is -2.10. The van der Waals surface area contributed by atoms with E-state index in [0.29, 0.717) is 0 Å². The molecule has 0 aliphatic carbocycles. The van der Waals surface area contributed by atoms with Gasteiger partial charge in [-0.3, -0.25) is 0 Å². The Hall–Kier alpha value is -19.1. The fraction of sp³-hybridized carbons (Fsp3) is 0. The lowest BCUT2D eigenvalue weighted by atomic mass is 9.77. The molecule has 0 aliphatic rings. The predicted octanol–water partition coefficient (Wildman–Crippen LogP) is 40.0. The summed E-state index contributed by atoms with van der Waals surface area (Å²) in [5, 5.41) is 22.6. The Kier molecular flexibility index (Phi) is 24.8. The van der Waals surface area contributed by atoms with Gasteiger partial charge in [-0.1, -0.05) is 461 Å². The summed E-state index contributed by atoms with van der Waals surface area (Å²) in [6, 6.07) is 211. The molecule has 0 amide bonds. The first-order valence-electron chi connectivity index (χ1n) is 50.7. The van der Waals surface area contributed by atoms with Crippen LogP contribution in [0.2, 0.25) is 0 Å². The first-order valence-corrected chi connectivity index (χ1v) is 51.2. The van der Waals surface area contributed by atoms with E-state index in [4.69, 9.17) is 0 Å². The van der Waals surface area contributed by atoms with Crippen molar-refractivity contribution in [3.63, 3.8) is 0 Å². The van der Waals surface area contributed by atoms with Gasteiger partial charge in [-0.2, -0.15) is 0 Å². The highest BCUT2D eigenvalue weighted by Gasteiger charge is 2.29. The summed E-state index contributed by atoms with van der Waals surface area (Å²) in [6.45, 7) is 0. The van der Waals surface area contributed by atoms with Crippen LogP contribution in [0.4, 0.5) is 34.1 Å². The van der Waals surface area contributed by atoms with Crippen molar-refractivity contribution in [1.82, 2.24) is 9.13 Å². The van der Waals surface area contributed by atoms with Gasteiger partial charge in [0.2, 0.25) is 0 Å². The zero-order chi connectivity index (χ0) is 99.5. The highest BCUT2D eigenvalue weighted by Crippen LogP contribution is 2.55. The number of fused-ring (bicyclic) bond motifs is 13. The van der Waals surface area contributed by atoms with E-state index in [2.05, 4.69) is 623 Å². The molecule has 26 aromatic carbocycles. The van der Waals surface area contributed by atoms with E-state index < -0.39 is 0 Å². The van der Waals surface area contributed by atoms with Crippen LogP contribution in [0.25, 0.3) is 219 Å². The van der Waals surface area contributed by atoms with Crippen molar-refractivity contribution >= 4 is 170 Å². The molecule has 0 unspecified atom stereocenters. The number of hydrogen-bond acceptors (Lipinski definition) is 3. The molecule has 0 N–H and O–H groups in total. The van der Waals surface area contributed by atoms with E-state index in [1.54, 1.807) is 0 Å². The van der Waals surface area contributed by atoms with Crippen molar-refractivity contribution in [1.29, 1.82) is 0 Å². The van der Waals surface area contributed by atoms with Crippen LogP contribution in [0.5, 0.6) is 0 Å². The first-order chi connectivity index (χ1) is 73.9. The molecule has 2 radical (unpaired) electrons. The van der Waals surface area contributed by atoms with Gasteiger partial charge in [0.25, 0.3) is 7.98 Å². The topological polar surface area (TPSA) is 28.7 Å². The first kappa shape index (κ1) is 91.1. The van der Waals surface area contributed by atoms with Crippen LogP contribution in [-0.2, 0) is 0 Å². The zero-order valence-corrected chi connectivity index (χ0v) is 82.7. The molecule has 2 aromatic heterocycles. The number of hydrogen-bond donors (Lipinski definition) is 0. The summed E-state index contributed by atoms with van der Waals surface area (Å²) < 4.78 is 7.60. The van der Waals surface area contributed by atoms with Gasteiger partial charge >= 0.3 is 0 Å². The number of anilines is 6. The summed E-state index contributed by atoms with van der Waals surface area (Å²) in [6.07, 6.45) is 0. The van der Waals surface area contributed by atoms with Crippen LogP contribution in [0.3, 0.4) is 0 Å². The number of rotatable bonds is 16. The molecule has 0 fully saturated rings. The number of benzene rings is 26. The number of nitrogens with zero attached hydrogens (tertiary/aromatic N) is 5. The molecular formula is C142H97BN5P. The average molecular weight is 1920 g/mol. The average Bonchev–Trinajstić information content (AvgIpc) is 1.40.